The van der Waals surface area contributed by atoms with Crippen molar-refractivity contribution in [3.63, 3.8) is 0 Å². The van der Waals surface area contributed by atoms with E-state index >= 15 is 0 Å². The Bertz CT molecular complexity index is 522. The molecule has 0 spiro atoms. The maximum absolute atomic E-state index is 11.3. The molecular weight excluding hydrogens is 252 g/mol. The van der Waals surface area contributed by atoms with Gasteiger partial charge in [0.1, 0.15) is 0 Å². The second-order valence-electron chi connectivity index (χ2n) is 4.53. The van der Waals surface area contributed by atoms with E-state index in [1.165, 1.54) is 0 Å². The molecule has 18 heavy (non-hydrogen) atoms. The van der Waals surface area contributed by atoms with Crippen molar-refractivity contribution >= 4 is 21.4 Å². The molecule has 0 atom stereocenters. The molecule has 1 fully saturated rings. The Morgan fingerprint density at radius 1 is 1.22 bits per heavy atom. The molecule has 5 nitrogen and oxygen atoms in total. The van der Waals surface area contributed by atoms with Gasteiger partial charge in [-0.1, -0.05) is 0 Å². The van der Waals surface area contributed by atoms with Crippen molar-refractivity contribution in [3.8, 4) is 0 Å². The molecule has 1 heterocycles. The van der Waals surface area contributed by atoms with E-state index in [1.54, 1.807) is 0 Å². The van der Waals surface area contributed by atoms with Crippen LogP contribution in [0.5, 0.6) is 0 Å². The fourth-order valence-electron chi connectivity index (χ4n) is 2.04. The third kappa shape index (κ3) is 3.61. The smallest absolute Gasteiger partial charge is 0.229 e. The number of hydrogen-bond acceptors (Lipinski definition) is 4. The maximum atomic E-state index is 11.3. The van der Waals surface area contributed by atoms with Crippen LogP contribution in [0.2, 0.25) is 0 Å². The second kappa shape index (κ2) is 5.16. The quantitative estimate of drug-likeness (QED) is 0.896. The molecule has 0 unspecified atom stereocenters. The van der Waals surface area contributed by atoms with E-state index in [4.69, 9.17) is 4.74 Å². The fourth-order valence-corrected chi connectivity index (χ4v) is 2.59. The summed E-state index contributed by atoms with van der Waals surface area (Å²) >= 11 is 0. The molecule has 0 bridgehead atoms. The summed E-state index contributed by atoms with van der Waals surface area (Å²) < 4.78 is 30.3. The van der Waals surface area contributed by atoms with Crippen LogP contribution in [0.3, 0.4) is 0 Å². The van der Waals surface area contributed by atoms with E-state index < -0.39 is 10.0 Å². The molecule has 1 aromatic rings. The lowest BCUT2D eigenvalue weighted by molar-refractivity contribution is 0.122. The molecule has 100 valence electrons. The second-order valence-corrected chi connectivity index (χ2v) is 6.28. The van der Waals surface area contributed by atoms with Crippen molar-refractivity contribution in [1.82, 2.24) is 0 Å². The first-order chi connectivity index (χ1) is 8.44. The molecule has 1 N–H and O–H groups in total. The topological polar surface area (TPSA) is 58.6 Å². The Labute approximate surface area is 108 Å². The highest BCUT2D eigenvalue weighted by Crippen LogP contribution is 2.23. The molecule has 0 aromatic heterocycles. The van der Waals surface area contributed by atoms with Crippen molar-refractivity contribution < 1.29 is 13.2 Å². The molecule has 0 radical (unpaired) electrons. The predicted octanol–water partition coefficient (Wildman–Crippen LogP) is 1.20. The lowest BCUT2D eigenvalue weighted by Gasteiger charge is -2.29. The number of sulfonamides is 1. The van der Waals surface area contributed by atoms with Crippen molar-refractivity contribution in [1.29, 1.82) is 0 Å². The highest BCUT2D eigenvalue weighted by molar-refractivity contribution is 7.92. The molecular formula is C12H18N2O3S. The zero-order valence-electron chi connectivity index (χ0n) is 10.6. The normalized spacial score (nSPS) is 16.7. The van der Waals surface area contributed by atoms with Gasteiger partial charge in [0.05, 0.1) is 25.2 Å². The minimum atomic E-state index is -3.23. The third-order valence-corrected chi connectivity index (χ3v) is 3.35. The van der Waals surface area contributed by atoms with Crippen LogP contribution in [-0.2, 0) is 14.8 Å². The minimum Gasteiger partial charge on any atom is -0.378 e. The highest BCUT2D eigenvalue weighted by Gasteiger charge is 2.13. The lowest BCUT2D eigenvalue weighted by Crippen LogP contribution is -2.36. The summed E-state index contributed by atoms with van der Waals surface area (Å²) in [5.74, 6) is 0. The van der Waals surface area contributed by atoms with Crippen LogP contribution < -0.4 is 9.62 Å². The highest BCUT2D eigenvalue weighted by atomic mass is 32.2. The molecule has 1 aliphatic rings. The van der Waals surface area contributed by atoms with Gasteiger partial charge in [-0.25, -0.2) is 8.42 Å². The number of anilines is 2. The minimum absolute atomic E-state index is 0.610. The summed E-state index contributed by atoms with van der Waals surface area (Å²) in [6, 6.07) is 5.74. The number of rotatable bonds is 3. The Balaban J connectivity index is 2.25. The van der Waals surface area contributed by atoms with Crippen molar-refractivity contribution in [3.05, 3.63) is 23.8 Å². The number of hydrogen-bond donors (Lipinski definition) is 1. The Hall–Kier alpha value is -1.27. The molecule has 6 heteroatoms. The third-order valence-electron chi connectivity index (χ3n) is 2.74. The van der Waals surface area contributed by atoms with Gasteiger partial charge in [0.2, 0.25) is 10.0 Å². The van der Waals surface area contributed by atoms with E-state index in [0.717, 1.165) is 30.6 Å². The lowest BCUT2D eigenvalue weighted by atomic mass is 10.2. The summed E-state index contributed by atoms with van der Waals surface area (Å²) in [4.78, 5) is 2.20. The van der Waals surface area contributed by atoms with Gasteiger partial charge in [0.15, 0.2) is 0 Å². The van der Waals surface area contributed by atoms with Crippen LogP contribution in [0.1, 0.15) is 5.56 Å². The van der Waals surface area contributed by atoms with E-state index in [-0.39, 0.29) is 0 Å². The number of morpholine rings is 1. The predicted molar refractivity (Wildman–Crippen MR) is 72.7 cm³/mol. The Morgan fingerprint density at radius 3 is 2.50 bits per heavy atom. The standard InChI is InChI=1S/C12H18N2O3S/c1-10-7-11(13-18(2,15)16)9-12(8-10)14-3-5-17-6-4-14/h7-9,13H,3-6H2,1-2H3. The van der Waals surface area contributed by atoms with Gasteiger partial charge in [0, 0.05) is 18.8 Å². The first kappa shape index (κ1) is 13.2. The van der Waals surface area contributed by atoms with E-state index in [0.29, 0.717) is 18.9 Å². The van der Waals surface area contributed by atoms with Crippen molar-refractivity contribution in [2.24, 2.45) is 0 Å². The van der Waals surface area contributed by atoms with E-state index in [2.05, 4.69) is 15.7 Å². The molecule has 0 amide bonds. The average molecular weight is 270 g/mol. The van der Waals surface area contributed by atoms with Crippen molar-refractivity contribution in [2.45, 2.75) is 6.92 Å². The van der Waals surface area contributed by atoms with Gasteiger partial charge in [-0.15, -0.1) is 0 Å². The van der Waals surface area contributed by atoms with Gasteiger partial charge in [-0.3, -0.25) is 4.72 Å². The van der Waals surface area contributed by atoms with E-state index in [9.17, 15) is 8.42 Å². The van der Waals surface area contributed by atoms with Gasteiger partial charge < -0.3 is 9.64 Å². The molecule has 1 aromatic carbocycles. The van der Waals surface area contributed by atoms with Crippen LogP contribution in [0.25, 0.3) is 0 Å². The van der Waals surface area contributed by atoms with Gasteiger partial charge in [-0.05, 0) is 30.7 Å². The number of aryl methyl sites for hydroxylation is 1. The molecule has 2 rings (SSSR count). The summed E-state index contributed by atoms with van der Waals surface area (Å²) in [5, 5.41) is 0. The number of benzene rings is 1. The van der Waals surface area contributed by atoms with Crippen LogP contribution in [-0.4, -0.2) is 41.0 Å². The van der Waals surface area contributed by atoms with Crippen molar-refractivity contribution in [2.75, 3.05) is 42.2 Å². The molecule has 1 aliphatic heterocycles. The molecule has 1 saturated heterocycles. The number of nitrogens with one attached hydrogen (secondary N) is 1. The van der Waals surface area contributed by atoms with Crippen LogP contribution in [0, 0.1) is 6.92 Å². The first-order valence-corrected chi connectivity index (χ1v) is 7.75. The number of ether oxygens (including phenoxy) is 1. The SMILES string of the molecule is Cc1cc(NS(C)(=O)=O)cc(N2CCOCC2)c1. The largest absolute Gasteiger partial charge is 0.378 e. The van der Waals surface area contributed by atoms with Gasteiger partial charge in [-0.2, -0.15) is 0 Å². The summed E-state index contributed by atoms with van der Waals surface area (Å²) in [7, 11) is -3.23. The zero-order valence-corrected chi connectivity index (χ0v) is 11.5. The van der Waals surface area contributed by atoms with Gasteiger partial charge >= 0.3 is 0 Å². The zero-order chi connectivity index (χ0) is 13.2. The molecule has 0 aliphatic carbocycles. The van der Waals surface area contributed by atoms with Gasteiger partial charge in [0.25, 0.3) is 0 Å². The number of nitrogens with zero attached hydrogens (tertiary/aromatic N) is 1. The monoisotopic (exact) mass is 270 g/mol. The summed E-state index contributed by atoms with van der Waals surface area (Å²) in [6.45, 7) is 5.05. The van der Waals surface area contributed by atoms with Crippen LogP contribution >= 0.6 is 0 Å². The van der Waals surface area contributed by atoms with E-state index in [1.807, 2.05) is 19.1 Å². The summed E-state index contributed by atoms with van der Waals surface area (Å²) in [5.41, 5.74) is 2.67. The Kier molecular flexibility index (Phi) is 3.77. The maximum Gasteiger partial charge on any atom is 0.229 e. The van der Waals surface area contributed by atoms with Crippen LogP contribution in [0.15, 0.2) is 18.2 Å². The van der Waals surface area contributed by atoms with Crippen LogP contribution in [0.4, 0.5) is 11.4 Å². The fraction of sp³-hybridized carbons (Fsp3) is 0.500. The first-order valence-electron chi connectivity index (χ1n) is 5.86. The molecule has 0 saturated carbocycles. The summed E-state index contributed by atoms with van der Waals surface area (Å²) in [6.07, 6.45) is 1.16. The average Bonchev–Trinajstić information content (AvgIpc) is 2.27. The Morgan fingerprint density at radius 2 is 1.89 bits per heavy atom.